The smallest absolute Gasteiger partial charge is 0.303 e. The third-order valence-corrected chi connectivity index (χ3v) is 6.26. The number of nitrogens with zero attached hydrogens (tertiary/aromatic N) is 1. The van der Waals surface area contributed by atoms with E-state index in [1.54, 1.807) is 0 Å². The zero-order chi connectivity index (χ0) is 20.9. The van der Waals surface area contributed by atoms with Gasteiger partial charge in [0.1, 0.15) is 0 Å². The molecule has 4 rings (SSSR count). The summed E-state index contributed by atoms with van der Waals surface area (Å²) in [6.07, 6.45) is 7.62. The first kappa shape index (κ1) is 22.3. The molecule has 156 valence electrons. The van der Waals surface area contributed by atoms with E-state index in [0.29, 0.717) is 0 Å². The van der Waals surface area contributed by atoms with Crippen LogP contribution >= 0.6 is 23.4 Å². The highest BCUT2D eigenvalue weighted by Crippen LogP contribution is 2.46. The van der Waals surface area contributed by atoms with E-state index in [0.717, 1.165) is 18.0 Å². The van der Waals surface area contributed by atoms with E-state index in [-0.39, 0.29) is 0 Å². The SMILES string of the molecule is Clc1ccc2c(c1)/C(=C/CCN1CCCCC1)c1ccccc1S2.O=S(=O)(O)O. The summed E-state index contributed by atoms with van der Waals surface area (Å²) in [4.78, 5) is 5.25. The van der Waals surface area contributed by atoms with Crippen LogP contribution in [0.3, 0.4) is 0 Å². The lowest BCUT2D eigenvalue weighted by Gasteiger charge is -2.26. The van der Waals surface area contributed by atoms with Gasteiger partial charge in [-0.2, -0.15) is 8.42 Å². The molecule has 5 nitrogen and oxygen atoms in total. The molecule has 0 saturated carbocycles. The number of rotatable bonds is 3. The van der Waals surface area contributed by atoms with Crippen LogP contribution in [0.5, 0.6) is 0 Å². The summed E-state index contributed by atoms with van der Waals surface area (Å²) >= 11 is 8.13. The van der Waals surface area contributed by atoms with E-state index >= 15 is 0 Å². The zero-order valence-electron chi connectivity index (χ0n) is 15.9. The minimum Gasteiger partial charge on any atom is -0.303 e. The lowest BCUT2D eigenvalue weighted by molar-refractivity contribution is 0.233. The van der Waals surface area contributed by atoms with Crippen molar-refractivity contribution in [3.05, 3.63) is 64.7 Å². The normalized spacial score (nSPS) is 17.8. The molecule has 0 aromatic heterocycles. The van der Waals surface area contributed by atoms with Crippen molar-refractivity contribution in [3.8, 4) is 0 Å². The molecule has 0 bridgehead atoms. The van der Waals surface area contributed by atoms with Crippen LogP contribution in [-0.2, 0) is 10.4 Å². The molecule has 0 unspecified atom stereocenters. The van der Waals surface area contributed by atoms with Crippen LogP contribution in [0.15, 0.2) is 58.3 Å². The zero-order valence-corrected chi connectivity index (χ0v) is 18.3. The van der Waals surface area contributed by atoms with E-state index < -0.39 is 10.4 Å². The minimum absolute atomic E-state index is 0.815. The Morgan fingerprint density at radius 1 is 1.00 bits per heavy atom. The van der Waals surface area contributed by atoms with E-state index in [1.807, 2.05) is 17.8 Å². The molecule has 1 saturated heterocycles. The fraction of sp³-hybridized carbons (Fsp3) is 0.333. The summed E-state index contributed by atoms with van der Waals surface area (Å²) in [6.45, 7) is 3.69. The largest absolute Gasteiger partial charge is 0.394 e. The van der Waals surface area contributed by atoms with Gasteiger partial charge in [-0.3, -0.25) is 9.11 Å². The Hall–Kier alpha value is -1.35. The molecule has 2 aliphatic heterocycles. The van der Waals surface area contributed by atoms with Gasteiger partial charge < -0.3 is 4.90 Å². The molecule has 0 spiro atoms. The van der Waals surface area contributed by atoms with Gasteiger partial charge in [0.15, 0.2) is 0 Å². The third-order valence-electron chi connectivity index (χ3n) is 4.87. The monoisotopic (exact) mass is 453 g/mol. The lowest BCUT2D eigenvalue weighted by atomic mass is 9.96. The number of benzene rings is 2. The van der Waals surface area contributed by atoms with Crippen molar-refractivity contribution >= 4 is 39.3 Å². The fourth-order valence-electron chi connectivity index (χ4n) is 3.64. The summed E-state index contributed by atoms with van der Waals surface area (Å²) in [7, 11) is -4.67. The summed E-state index contributed by atoms with van der Waals surface area (Å²) in [6, 6.07) is 15.0. The van der Waals surface area contributed by atoms with Gasteiger partial charge in [-0.1, -0.05) is 54.1 Å². The van der Waals surface area contributed by atoms with Crippen molar-refractivity contribution in [1.82, 2.24) is 4.90 Å². The predicted molar refractivity (Wildman–Crippen MR) is 118 cm³/mol. The second kappa shape index (κ2) is 10.1. The Bertz CT molecular complexity index is 978. The van der Waals surface area contributed by atoms with Gasteiger partial charge in [-0.15, -0.1) is 0 Å². The number of piperidine rings is 1. The average molecular weight is 454 g/mol. The molecule has 2 aromatic carbocycles. The first-order chi connectivity index (χ1) is 13.8. The summed E-state index contributed by atoms with van der Waals surface area (Å²) in [5, 5.41) is 0.815. The molecule has 29 heavy (non-hydrogen) atoms. The molecule has 0 aliphatic carbocycles. The lowest BCUT2D eigenvalue weighted by Crippen LogP contribution is -2.30. The van der Waals surface area contributed by atoms with Crippen molar-refractivity contribution in [2.75, 3.05) is 19.6 Å². The van der Waals surface area contributed by atoms with Gasteiger partial charge in [0.2, 0.25) is 0 Å². The first-order valence-electron chi connectivity index (χ1n) is 9.51. The molecule has 0 amide bonds. The van der Waals surface area contributed by atoms with Gasteiger partial charge >= 0.3 is 10.4 Å². The maximum Gasteiger partial charge on any atom is 0.394 e. The number of hydrogen-bond donors (Lipinski definition) is 2. The Kier molecular flexibility index (Phi) is 7.79. The van der Waals surface area contributed by atoms with Crippen LogP contribution in [-0.4, -0.2) is 42.1 Å². The van der Waals surface area contributed by atoms with Gasteiger partial charge in [0.05, 0.1) is 0 Å². The van der Waals surface area contributed by atoms with Gasteiger partial charge in [0.25, 0.3) is 0 Å². The molecule has 2 aliphatic rings. The van der Waals surface area contributed by atoms with Crippen molar-refractivity contribution < 1.29 is 17.5 Å². The summed E-state index contributed by atoms with van der Waals surface area (Å²) < 4.78 is 31.6. The van der Waals surface area contributed by atoms with Crippen molar-refractivity contribution in [2.24, 2.45) is 0 Å². The number of hydrogen-bond acceptors (Lipinski definition) is 4. The van der Waals surface area contributed by atoms with Crippen LogP contribution in [0.2, 0.25) is 5.02 Å². The standard InChI is InChI=1S/C21H22ClNS.H2O4S/c22-16-10-11-21-19(15-16)17(18-7-2-3-9-20(18)24-21)8-6-14-23-12-4-1-5-13-23;1-5(2,3)4/h2-3,7-11,15H,1,4-6,12-14H2;(H2,1,2,3,4)/b17-8+;. The van der Waals surface area contributed by atoms with Crippen molar-refractivity contribution in [3.63, 3.8) is 0 Å². The second-order valence-electron chi connectivity index (χ2n) is 7.00. The summed E-state index contributed by atoms with van der Waals surface area (Å²) in [5.41, 5.74) is 3.97. The molecule has 8 heteroatoms. The Balaban J connectivity index is 0.000000431. The average Bonchev–Trinajstić information content (AvgIpc) is 2.67. The molecule has 0 radical (unpaired) electrons. The molecule has 1 fully saturated rings. The van der Waals surface area contributed by atoms with Crippen LogP contribution in [0, 0.1) is 0 Å². The quantitative estimate of drug-likeness (QED) is 0.513. The Labute approximate surface area is 181 Å². The van der Waals surface area contributed by atoms with Crippen molar-refractivity contribution in [2.45, 2.75) is 35.5 Å². The van der Waals surface area contributed by atoms with Gasteiger partial charge in [-0.25, -0.2) is 0 Å². The molecular weight excluding hydrogens is 430 g/mol. The first-order valence-corrected chi connectivity index (χ1v) is 12.1. The van der Waals surface area contributed by atoms with E-state index in [1.165, 1.54) is 58.8 Å². The number of fused-ring (bicyclic) bond motifs is 2. The highest BCUT2D eigenvalue weighted by molar-refractivity contribution is 7.99. The number of halogens is 1. The molecule has 2 heterocycles. The van der Waals surface area contributed by atoms with Crippen LogP contribution < -0.4 is 0 Å². The topological polar surface area (TPSA) is 77.8 Å². The van der Waals surface area contributed by atoms with Gasteiger partial charge in [-0.05, 0) is 73.3 Å². The van der Waals surface area contributed by atoms with Crippen LogP contribution in [0.4, 0.5) is 0 Å². The molecular formula is C21H24ClNO4S2. The highest BCUT2D eigenvalue weighted by atomic mass is 35.5. The van der Waals surface area contributed by atoms with E-state index in [2.05, 4.69) is 47.4 Å². The molecule has 0 atom stereocenters. The van der Waals surface area contributed by atoms with E-state index in [4.69, 9.17) is 29.1 Å². The maximum absolute atomic E-state index is 8.74. The molecule has 2 N–H and O–H groups in total. The Morgan fingerprint density at radius 3 is 2.38 bits per heavy atom. The minimum atomic E-state index is -4.67. The maximum atomic E-state index is 8.74. The summed E-state index contributed by atoms with van der Waals surface area (Å²) in [5.74, 6) is 0. The van der Waals surface area contributed by atoms with E-state index in [9.17, 15) is 0 Å². The Morgan fingerprint density at radius 2 is 1.66 bits per heavy atom. The van der Waals surface area contributed by atoms with Gasteiger partial charge in [0, 0.05) is 21.4 Å². The third kappa shape index (κ3) is 6.84. The highest BCUT2D eigenvalue weighted by Gasteiger charge is 2.20. The predicted octanol–water partition coefficient (Wildman–Crippen LogP) is 5.46. The number of likely N-dealkylation sites (tertiary alicyclic amines) is 1. The second-order valence-corrected chi connectivity index (χ2v) is 9.41. The van der Waals surface area contributed by atoms with Crippen molar-refractivity contribution in [1.29, 1.82) is 0 Å². The van der Waals surface area contributed by atoms with Crippen LogP contribution in [0.1, 0.15) is 36.8 Å². The van der Waals surface area contributed by atoms with Crippen LogP contribution in [0.25, 0.3) is 5.57 Å². The molecule has 2 aromatic rings. The fourth-order valence-corrected chi connectivity index (χ4v) is 4.90.